The van der Waals surface area contributed by atoms with Gasteiger partial charge in [0.05, 0.1) is 43.7 Å². The molecule has 0 rings (SSSR count). The Kier molecular flexibility index (Phi) is 31.8. The summed E-state index contributed by atoms with van der Waals surface area (Å²) in [5, 5.41) is 44.5. The molecule has 0 amide bonds. The predicted molar refractivity (Wildman–Crippen MR) is 206 cm³/mol. The van der Waals surface area contributed by atoms with E-state index >= 15 is 0 Å². The van der Waals surface area contributed by atoms with Crippen molar-refractivity contribution < 1.29 is 56.1 Å². The molecule has 0 saturated carbocycles. The van der Waals surface area contributed by atoms with Gasteiger partial charge in [0.2, 0.25) is 0 Å². The van der Waals surface area contributed by atoms with Crippen LogP contribution in [0.15, 0.2) is 0 Å². The van der Waals surface area contributed by atoms with Gasteiger partial charge in [-0.1, -0.05) is 12.5 Å². The largest absolute Gasteiger partial charge is 0.527 e. The zero-order valence-corrected chi connectivity index (χ0v) is 35.8. The fourth-order valence-electron chi connectivity index (χ4n) is 5.06. The van der Waals surface area contributed by atoms with Gasteiger partial charge in [-0.3, -0.25) is 4.90 Å². The van der Waals surface area contributed by atoms with E-state index in [4.69, 9.17) is 40.8 Å². The lowest BCUT2D eigenvalue weighted by Gasteiger charge is -2.38. The Morgan fingerprint density at radius 1 is 0.615 bits per heavy atom. The molecular formula is C33H77N5O12Si2-. The SMILES string of the molecule is CO[Si](CCCOCC(O)CN(CCNCCNCCNCC(O)COCCC[Si-](OC)(OC)OC)CCNCC(O)COC(C)(C)C)(OC)OC. The van der Waals surface area contributed by atoms with Crippen molar-refractivity contribution >= 4 is 17.6 Å². The van der Waals surface area contributed by atoms with E-state index in [2.05, 4.69) is 26.2 Å². The Labute approximate surface area is 316 Å². The molecule has 0 aromatic carbocycles. The Hall–Kier alpha value is -0.246. The van der Waals surface area contributed by atoms with Gasteiger partial charge in [0.25, 0.3) is 8.80 Å². The summed E-state index contributed by atoms with van der Waals surface area (Å²) < 4.78 is 49.6. The first-order valence-corrected chi connectivity index (χ1v) is 22.4. The summed E-state index contributed by atoms with van der Waals surface area (Å²) in [7, 11) is 4.34. The Bertz CT molecular complexity index is 788. The zero-order chi connectivity index (χ0) is 39.1. The Morgan fingerprint density at radius 3 is 1.62 bits per heavy atom. The third-order valence-corrected chi connectivity index (χ3v) is 13.8. The van der Waals surface area contributed by atoms with E-state index in [1.54, 1.807) is 42.7 Å². The van der Waals surface area contributed by atoms with Gasteiger partial charge in [0.15, 0.2) is 0 Å². The minimum Gasteiger partial charge on any atom is -0.527 e. The second kappa shape index (κ2) is 31.9. The van der Waals surface area contributed by atoms with Gasteiger partial charge in [-0.15, -0.1) is 0 Å². The number of rotatable bonds is 38. The molecular weight excluding hydrogens is 715 g/mol. The molecule has 0 aliphatic heterocycles. The van der Waals surface area contributed by atoms with E-state index in [0.717, 1.165) is 45.7 Å². The number of nitrogens with one attached hydrogen (secondary N) is 4. The lowest BCUT2D eigenvalue weighted by Crippen LogP contribution is -2.44. The smallest absolute Gasteiger partial charge is 0.500 e. The molecule has 17 nitrogen and oxygen atoms in total. The molecule has 52 heavy (non-hydrogen) atoms. The number of nitrogens with zero attached hydrogens (tertiary/aromatic N) is 1. The molecule has 0 radical (unpaired) electrons. The predicted octanol–water partition coefficient (Wildman–Crippen LogP) is -0.886. The van der Waals surface area contributed by atoms with Gasteiger partial charge >= 0.3 is 8.80 Å². The standard InChI is InChI=1S/C33H77N5O12Si2/c1-33(2,3)50-29-31(40)25-37-17-19-38(26-32(41)28-49-21-11-23-52(45-7,46-8)47-9)18-16-35-13-12-34-14-15-36-24-30(39)27-48-20-10-22-51(42-4,43-5)44-6/h30-32,34-37,39-41H,10-29H2,1-9H3/q-1. The lowest BCUT2D eigenvalue weighted by molar-refractivity contribution is -0.0479. The summed E-state index contributed by atoms with van der Waals surface area (Å²) in [6.45, 7) is 14.9. The van der Waals surface area contributed by atoms with Crippen LogP contribution in [0.5, 0.6) is 0 Å². The number of hydrogen-bond acceptors (Lipinski definition) is 17. The quantitative estimate of drug-likeness (QED) is 0.0301. The highest BCUT2D eigenvalue weighted by Gasteiger charge is 2.36. The highest BCUT2D eigenvalue weighted by atomic mass is 28.4. The van der Waals surface area contributed by atoms with Crippen LogP contribution in [0.3, 0.4) is 0 Å². The van der Waals surface area contributed by atoms with Gasteiger partial charge in [0, 0.05) is 113 Å². The maximum absolute atomic E-state index is 10.7. The van der Waals surface area contributed by atoms with E-state index in [1.807, 2.05) is 20.8 Å². The topological polar surface area (TPSA) is 195 Å². The zero-order valence-electron chi connectivity index (χ0n) is 33.8. The van der Waals surface area contributed by atoms with Crippen LogP contribution >= 0.6 is 0 Å². The van der Waals surface area contributed by atoms with Crippen LogP contribution in [0.25, 0.3) is 0 Å². The summed E-state index contributed by atoms with van der Waals surface area (Å²) in [6, 6.07) is 1.29. The molecule has 0 heterocycles. The third kappa shape index (κ3) is 27.4. The first kappa shape index (κ1) is 51.8. The number of aliphatic hydroxyl groups excluding tert-OH is 3. The highest BCUT2D eigenvalue weighted by Crippen LogP contribution is 2.16. The molecule has 0 bridgehead atoms. The van der Waals surface area contributed by atoms with Crippen LogP contribution in [0, 0.1) is 0 Å². The monoisotopic (exact) mass is 792 g/mol. The summed E-state index contributed by atoms with van der Waals surface area (Å²) >= 11 is 0. The van der Waals surface area contributed by atoms with Gasteiger partial charge in [-0.05, 0) is 48.5 Å². The van der Waals surface area contributed by atoms with Gasteiger partial charge < -0.3 is 77.4 Å². The second-order valence-electron chi connectivity index (χ2n) is 13.5. The van der Waals surface area contributed by atoms with Crippen molar-refractivity contribution in [3.05, 3.63) is 0 Å². The van der Waals surface area contributed by atoms with Crippen LogP contribution in [0.1, 0.15) is 33.6 Å². The molecule has 0 aromatic rings. The van der Waals surface area contributed by atoms with E-state index in [-0.39, 0.29) is 25.4 Å². The molecule has 7 N–H and O–H groups in total. The van der Waals surface area contributed by atoms with Crippen LogP contribution in [-0.4, -0.2) is 209 Å². The molecule has 3 atom stereocenters. The molecule has 0 fully saturated rings. The van der Waals surface area contributed by atoms with E-state index in [0.29, 0.717) is 64.4 Å². The molecule has 0 aliphatic rings. The van der Waals surface area contributed by atoms with Crippen molar-refractivity contribution in [2.75, 3.05) is 148 Å². The maximum atomic E-state index is 10.7. The average molecular weight is 792 g/mol. The molecule has 0 aliphatic carbocycles. The summed E-state index contributed by atoms with van der Waals surface area (Å²) in [4.78, 5) is 2.19. The lowest BCUT2D eigenvalue weighted by atomic mass is 10.2. The van der Waals surface area contributed by atoms with Crippen molar-refractivity contribution in [3.63, 3.8) is 0 Å². The van der Waals surface area contributed by atoms with Crippen LogP contribution in [0.2, 0.25) is 12.1 Å². The molecule has 315 valence electrons. The molecule has 19 heteroatoms. The van der Waals surface area contributed by atoms with Crippen molar-refractivity contribution in [3.8, 4) is 0 Å². The van der Waals surface area contributed by atoms with Crippen LogP contribution in [0.4, 0.5) is 0 Å². The fourth-order valence-corrected chi connectivity index (χ4v) is 8.44. The molecule has 0 spiro atoms. The summed E-state index contributed by atoms with van der Waals surface area (Å²) in [6.07, 6.45) is -0.384. The molecule has 0 saturated heterocycles. The normalized spacial score (nSPS) is 14.7. The average Bonchev–Trinajstić information content (AvgIpc) is 3.13. The second-order valence-corrected chi connectivity index (χ2v) is 19.7. The maximum Gasteiger partial charge on any atom is 0.500 e. The minimum atomic E-state index is -2.63. The minimum absolute atomic E-state index is 0.226. The molecule has 3 unspecified atom stereocenters. The third-order valence-electron chi connectivity index (χ3n) is 8.13. The van der Waals surface area contributed by atoms with Crippen molar-refractivity contribution in [2.24, 2.45) is 0 Å². The van der Waals surface area contributed by atoms with Crippen molar-refractivity contribution in [1.82, 2.24) is 26.2 Å². The molecule has 0 aromatic heterocycles. The fraction of sp³-hybridized carbons (Fsp3) is 1.00. The number of aliphatic hydroxyl groups is 3. The highest BCUT2D eigenvalue weighted by molar-refractivity contribution is 6.60. The Morgan fingerprint density at radius 2 is 1.08 bits per heavy atom. The van der Waals surface area contributed by atoms with E-state index in [9.17, 15) is 15.3 Å². The van der Waals surface area contributed by atoms with Gasteiger partial charge in [-0.2, -0.15) is 0 Å². The number of ether oxygens (including phenoxy) is 3. The first-order valence-electron chi connectivity index (χ1n) is 18.5. The number of hydrogen-bond donors (Lipinski definition) is 7. The van der Waals surface area contributed by atoms with Crippen LogP contribution < -0.4 is 21.3 Å². The van der Waals surface area contributed by atoms with Gasteiger partial charge in [-0.25, -0.2) is 0 Å². The van der Waals surface area contributed by atoms with E-state index < -0.39 is 35.9 Å². The van der Waals surface area contributed by atoms with E-state index in [1.165, 1.54) is 0 Å². The van der Waals surface area contributed by atoms with Crippen LogP contribution in [-0.2, 0) is 40.8 Å². The Balaban J connectivity index is 4.31. The van der Waals surface area contributed by atoms with Crippen molar-refractivity contribution in [1.29, 1.82) is 0 Å². The van der Waals surface area contributed by atoms with Crippen molar-refractivity contribution in [2.45, 2.75) is 69.6 Å². The summed E-state index contributed by atoms with van der Waals surface area (Å²) in [5.74, 6) is 0. The first-order chi connectivity index (χ1) is 24.8. The van der Waals surface area contributed by atoms with Gasteiger partial charge in [0.1, 0.15) is 0 Å². The summed E-state index contributed by atoms with van der Waals surface area (Å²) in [5.41, 5.74) is -0.297.